The van der Waals surface area contributed by atoms with Gasteiger partial charge in [0.15, 0.2) is 10.9 Å². The van der Waals surface area contributed by atoms with Gasteiger partial charge < -0.3 is 10.6 Å². The third-order valence-corrected chi connectivity index (χ3v) is 3.88. The predicted molar refractivity (Wildman–Crippen MR) is 92.4 cm³/mol. The van der Waals surface area contributed by atoms with Gasteiger partial charge in [-0.2, -0.15) is 5.10 Å². The van der Waals surface area contributed by atoms with E-state index >= 15 is 0 Å². The van der Waals surface area contributed by atoms with Crippen molar-refractivity contribution in [2.24, 2.45) is 0 Å². The molecule has 0 saturated heterocycles. The number of anilines is 1. The van der Waals surface area contributed by atoms with E-state index in [1.807, 2.05) is 42.8 Å². The number of hydrogen-bond acceptors (Lipinski definition) is 2. The van der Waals surface area contributed by atoms with Crippen molar-refractivity contribution in [2.45, 2.75) is 20.4 Å². The molecule has 0 radical (unpaired) electrons. The molecule has 1 aromatic heterocycles. The van der Waals surface area contributed by atoms with E-state index in [9.17, 15) is 0 Å². The molecule has 0 atom stereocenters. The van der Waals surface area contributed by atoms with Crippen LogP contribution in [0.4, 0.5) is 5.82 Å². The third kappa shape index (κ3) is 4.09. The Morgan fingerprint density at radius 3 is 2.62 bits per heavy atom. The highest BCUT2D eigenvalue weighted by Crippen LogP contribution is 2.25. The fourth-order valence-corrected chi connectivity index (χ4v) is 2.65. The topological polar surface area (TPSA) is 41.9 Å². The van der Waals surface area contributed by atoms with E-state index in [1.165, 1.54) is 0 Å². The van der Waals surface area contributed by atoms with Crippen molar-refractivity contribution in [2.75, 3.05) is 11.9 Å². The zero-order valence-corrected chi connectivity index (χ0v) is 14.1. The summed E-state index contributed by atoms with van der Waals surface area (Å²) in [6.45, 7) is 5.23. The van der Waals surface area contributed by atoms with Crippen LogP contribution < -0.4 is 10.6 Å². The van der Waals surface area contributed by atoms with Gasteiger partial charge >= 0.3 is 0 Å². The van der Waals surface area contributed by atoms with Gasteiger partial charge in [-0.15, -0.1) is 0 Å². The molecule has 1 heterocycles. The summed E-state index contributed by atoms with van der Waals surface area (Å²) in [6, 6.07) is 7.39. The molecule has 0 aliphatic rings. The predicted octanol–water partition coefficient (Wildman–Crippen LogP) is 3.85. The summed E-state index contributed by atoms with van der Waals surface area (Å²) >= 11 is 17.5. The highest BCUT2D eigenvalue weighted by molar-refractivity contribution is 7.80. The van der Waals surface area contributed by atoms with Gasteiger partial charge in [0, 0.05) is 33.9 Å². The minimum atomic E-state index is 0.514. The number of halogens is 2. The highest BCUT2D eigenvalue weighted by Gasteiger charge is 2.10. The summed E-state index contributed by atoms with van der Waals surface area (Å²) in [5.41, 5.74) is 1.85. The molecule has 0 amide bonds. The molecule has 112 valence electrons. The molecule has 2 aromatic rings. The first-order valence-electron chi connectivity index (χ1n) is 6.53. The number of hydrogen-bond donors (Lipinski definition) is 2. The third-order valence-electron chi connectivity index (χ3n) is 2.93. The monoisotopic (exact) mass is 342 g/mol. The molecule has 0 fully saturated rings. The van der Waals surface area contributed by atoms with Crippen LogP contribution in [-0.2, 0) is 6.54 Å². The van der Waals surface area contributed by atoms with Crippen LogP contribution in [0.5, 0.6) is 0 Å². The first-order chi connectivity index (χ1) is 10.0. The van der Waals surface area contributed by atoms with Crippen molar-refractivity contribution in [3.63, 3.8) is 0 Å². The fourth-order valence-electron chi connectivity index (χ4n) is 1.89. The molecule has 7 heteroatoms. The van der Waals surface area contributed by atoms with E-state index in [2.05, 4.69) is 15.7 Å². The average Bonchev–Trinajstić information content (AvgIpc) is 2.74. The number of nitrogens with zero attached hydrogens (tertiary/aromatic N) is 2. The van der Waals surface area contributed by atoms with Crippen LogP contribution in [0.2, 0.25) is 10.0 Å². The molecular formula is C14H16Cl2N4S. The Bertz CT molecular complexity index is 634. The second-order valence-corrected chi connectivity index (χ2v) is 5.74. The molecule has 0 aliphatic carbocycles. The lowest BCUT2D eigenvalue weighted by molar-refractivity contribution is 0.668. The van der Waals surface area contributed by atoms with Crippen molar-refractivity contribution in [1.29, 1.82) is 0 Å². The van der Waals surface area contributed by atoms with Crippen LogP contribution in [0.1, 0.15) is 18.2 Å². The summed E-state index contributed by atoms with van der Waals surface area (Å²) in [7, 11) is 0. The quantitative estimate of drug-likeness (QED) is 0.828. The van der Waals surface area contributed by atoms with Crippen molar-refractivity contribution in [3.8, 4) is 0 Å². The average molecular weight is 343 g/mol. The molecule has 4 nitrogen and oxygen atoms in total. The molecular weight excluding hydrogens is 327 g/mol. The molecule has 0 aliphatic heterocycles. The van der Waals surface area contributed by atoms with Crippen LogP contribution in [0.15, 0.2) is 24.3 Å². The number of rotatable bonds is 4. The highest BCUT2D eigenvalue weighted by atomic mass is 35.5. The van der Waals surface area contributed by atoms with Crippen molar-refractivity contribution in [1.82, 2.24) is 15.1 Å². The molecule has 0 saturated carbocycles. The van der Waals surface area contributed by atoms with Gasteiger partial charge in [0.25, 0.3) is 0 Å². The van der Waals surface area contributed by atoms with Gasteiger partial charge in [-0.3, -0.25) is 4.68 Å². The van der Waals surface area contributed by atoms with Gasteiger partial charge in [0.05, 0.1) is 6.54 Å². The summed E-state index contributed by atoms with van der Waals surface area (Å²) in [4.78, 5) is 0. The number of thiocarbonyl (C=S) groups is 1. The Morgan fingerprint density at radius 2 is 2.00 bits per heavy atom. The lowest BCUT2D eigenvalue weighted by Gasteiger charge is -2.09. The van der Waals surface area contributed by atoms with E-state index in [-0.39, 0.29) is 0 Å². The van der Waals surface area contributed by atoms with Crippen molar-refractivity contribution < 1.29 is 0 Å². The standard InChI is InChI=1S/C14H16Cl2N4S/c1-3-17-14(21)18-13-7-9(2)20(19-13)8-10-11(15)5-4-6-12(10)16/h4-7H,3,8H2,1-2H3,(H2,17,18,19,21). The van der Waals surface area contributed by atoms with Gasteiger partial charge in [0.2, 0.25) is 0 Å². The first-order valence-corrected chi connectivity index (χ1v) is 7.70. The Kier molecular flexibility index (Phi) is 5.45. The van der Waals surface area contributed by atoms with Crippen molar-refractivity contribution >= 4 is 46.4 Å². The number of aryl methyl sites for hydroxylation is 1. The second-order valence-electron chi connectivity index (χ2n) is 4.51. The summed E-state index contributed by atoms with van der Waals surface area (Å²) < 4.78 is 1.84. The number of aromatic nitrogens is 2. The van der Waals surface area contributed by atoms with E-state index in [4.69, 9.17) is 35.4 Å². The van der Waals surface area contributed by atoms with Gasteiger partial charge in [-0.25, -0.2) is 0 Å². The Hall–Kier alpha value is -1.30. The van der Waals surface area contributed by atoms with Crippen molar-refractivity contribution in [3.05, 3.63) is 45.6 Å². The fraction of sp³-hybridized carbons (Fsp3) is 0.286. The Balaban J connectivity index is 2.18. The van der Waals surface area contributed by atoms with Crippen LogP contribution in [-0.4, -0.2) is 21.4 Å². The van der Waals surface area contributed by atoms with E-state index in [0.29, 0.717) is 27.5 Å². The Morgan fingerprint density at radius 1 is 1.33 bits per heavy atom. The molecule has 0 spiro atoms. The molecule has 2 N–H and O–H groups in total. The lowest BCUT2D eigenvalue weighted by Crippen LogP contribution is -2.28. The van der Waals surface area contributed by atoms with E-state index in [1.54, 1.807) is 0 Å². The van der Waals surface area contributed by atoms with Gasteiger partial charge in [-0.05, 0) is 38.2 Å². The van der Waals surface area contributed by atoms with Crippen LogP contribution in [0.25, 0.3) is 0 Å². The normalized spacial score (nSPS) is 10.5. The van der Waals surface area contributed by atoms with Crippen LogP contribution >= 0.6 is 35.4 Å². The van der Waals surface area contributed by atoms with E-state index in [0.717, 1.165) is 17.8 Å². The largest absolute Gasteiger partial charge is 0.363 e. The van der Waals surface area contributed by atoms with Gasteiger partial charge in [0.1, 0.15) is 0 Å². The lowest BCUT2D eigenvalue weighted by atomic mass is 10.2. The van der Waals surface area contributed by atoms with Crippen LogP contribution in [0, 0.1) is 6.92 Å². The van der Waals surface area contributed by atoms with E-state index < -0.39 is 0 Å². The maximum absolute atomic E-state index is 6.19. The smallest absolute Gasteiger partial charge is 0.171 e. The zero-order chi connectivity index (χ0) is 15.4. The molecule has 0 bridgehead atoms. The number of nitrogens with one attached hydrogen (secondary N) is 2. The zero-order valence-electron chi connectivity index (χ0n) is 11.8. The molecule has 1 aromatic carbocycles. The molecule has 0 unspecified atom stereocenters. The van der Waals surface area contributed by atoms with Gasteiger partial charge in [-0.1, -0.05) is 29.3 Å². The first kappa shape index (κ1) is 16.1. The minimum absolute atomic E-state index is 0.514. The number of benzene rings is 1. The second kappa shape index (κ2) is 7.11. The Labute approximate surface area is 139 Å². The molecule has 21 heavy (non-hydrogen) atoms. The minimum Gasteiger partial charge on any atom is -0.363 e. The SMILES string of the molecule is CCNC(=S)Nc1cc(C)n(Cc2c(Cl)cccc2Cl)n1. The summed E-state index contributed by atoms with van der Waals surface area (Å²) in [6.07, 6.45) is 0. The summed E-state index contributed by atoms with van der Waals surface area (Å²) in [5.74, 6) is 0.696. The van der Waals surface area contributed by atoms with Crippen LogP contribution in [0.3, 0.4) is 0 Å². The maximum atomic E-state index is 6.19. The maximum Gasteiger partial charge on any atom is 0.171 e. The molecule has 2 rings (SSSR count). The summed E-state index contributed by atoms with van der Waals surface area (Å²) in [5, 5.41) is 12.4.